The van der Waals surface area contributed by atoms with E-state index in [1.165, 1.54) is 0 Å². The maximum absolute atomic E-state index is 12.7. The summed E-state index contributed by atoms with van der Waals surface area (Å²) >= 11 is 1.62. The zero-order valence-corrected chi connectivity index (χ0v) is 13.7. The Morgan fingerprint density at radius 1 is 1.14 bits per heavy atom. The van der Waals surface area contributed by atoms with Crippen LogP contribution in [0.4, 0.5) is 0 Å². The number of pyridine rings is 1. The summed E-state index contributed by atoms with van der Waals surface area (Å²) in [6, 6.07) is 13.7. The van der Waals surface area contributed by atoms with Gasteiger partial charge in [0, 0.05) is 10.9 Å². The number of rotatable bonds is 2. The van der Waals surface area contributed by atoms with Gasteiger partial charge in [-0.1, -0.05) is 24.3 Å². The van der Waals surface area contributed by atoms with Crippen LogP contribution in [0, 0.1) is 0 Å². The molecule has 0 saturated heterocycles. The zero-order valence-electron chi connectivity index (χ0n) is 12.9. The number of benzene rings is 1. The van der Waals surface area contributed by atoms with Crippen molar-refractivity contribution in [3.05, 3.63) is 53.4 Å². The lowest BCUT2D eigenvalue weighted by Crippen LogP contribution is -2.40. The topological polar surface area (TPSA) is 42.0 Å². The quantitative estimate of drug-likeness (QED) is 0.757. The van der Waals surface area contributed by atoms with Crippen molar-refractivity contribution < 1.29 is 4.79 Å². The monoisotopic (exact) mass is 310 g/mol. The molecule has 1 amide bonds. The molecule has 0 bridgehead atoms. The molecule has 1 N–H and O–H groups in total. The lowest BCUT2D eigenvalue weighted by molar-refractivity contribution is 0.0921. The maximum atomic E-state index is 12.7. The lowest BCUT2D eigenvalue weighted by Gasteiger charge is -2.21. The van der Waals surface area contributed by atoms with Crippen LogP contribution in [0.2, 0.25) is 0 Å². The summed E-state index contributed by atoms with van der Waals surface area (Å²) in [5, 5.41) is 5.93. The Kier molecular flexibility index (Phi) is 3.71. The normalized spacial score (nSPS) is 11.6. The highest BCUT2D eigenvalue weighted by molar-refractivity contribution is 7.13. The molecule has 0 spiro atoms. The fourth-order valence-corrected chi connectivity index (χ4v) is 3.01. The second kappa shape index (κ2) is 5.54. The fourth-order valence-electron chi connectivity index (χ4n) is 2.32. The van der Waals surface area contributed by atoms with Gasteiger partial charge >= 0.3 is 0 Å². The molecule has 0 aliphatic carbocycles. The maximum Gasteiger partial charge on any atom is 0.252 e. The van der Waals surface area contributed by atoms with E-state index in [1.54, 1.807) is 11.3 Å². The predicted octanol–water partition coefficient (Wildman–Crippen LogP) is 4.49. The third-order valence-corrected chi connectivity index (χ3v) is 4.12. The summed E-state index contributed by atoms with van der Waals surface area (Å²) in [4.78, 5) is 18.4. The van der Waals surface area contributed by atoms with Gasteiger partial charge in [0.25, 0.3) is 5.91 Å². The van der Waals surface area contributed by atoms with Gasteiger partial charge in [-0.15, -0.1) is 11.3 Å². The molecule has 0 aliphatic heterocycles. The first kappa shape index (κ1) is 14.7. The minimum Gasteiger partial charge on any atom is -0.347 e. The van der Waals surface area contributed by atoms with Crippen molar-refractivity contribution in [3.8, 4) is 10.6 Å². The number of nitrogens with zero attached hydrogens (tertiary/aromatic N) is 1. The van der Waals surface area contributed by atoms with Gasteiger partial charge in [0.2, 0.25) is 0 Å². The summed E-state index contributed by atoms with van der Waals surface area (Å²) in [5.74, 6) is -0.0658. The van der Waals surface area contributed by atoms with Crippen molar-refractivity contribution in [2.24, 2.45) is 0 Å². The molecule has 0 fully saturated rings. The number of carbonyl (C=O) groups excluding carboxylic acids is 1. The van der Waals surface area contributed by atoms with E-state index in [4.69, 9.17) is 0 Å². The van der Waals surface area contributed by atoms with Gasteiger partial charge in [-0.05, 0) is 44.4 Å². The van der Waals surface area contributed by atoms with Crippen LogP contribution in [0.25, 0.3) is 21.5 Å². The number of aromatic nitrogens is 1. The van der Waals surface area contributed by atoms with Gasteiger partial charge in [-0.2, -0.15) is 0 Å². The van der Waals surface area contributed by atoms with E-state index < -0.39 is 0 Å². The first-order chi connectivity index (χ1) is 10.4. The molecular formula is C18H18N2OS. The number of carbonyl (C=O) groups is 1. The van der Waals surface area contributed by atoms with Crippen molar-refractivity contribution in [2.45, 2.75) is 26.3 Å². The van der Waals surface area contributed by atoms with Crippen LogP contribution >= 0.6 is 11.3 Å². The van der Waals surface area contributed by atoms with E-state index in [9.17, 15) is 4.79 Å². The number of fused-ring (bicyclic) bond motifs is 1. The molecule has 0 unspecified atom stereocenters. The molecule has 22 heavy (non-hydrogen) atoms. The summed E-state index contributed by atoms with van der Waals surface area (Å²) in [6.07, 6.45) is 0. The van der Waals surface area contributed by atoms with Crippen molar-refractivity contribution >= 4 is 28.1 Å². The second-order valence-corrected chi connectivity index (χ2v) is 7.20. The average Bonchev–Trinajstić information content (AvgIpc) is 2.98. The first-order valence-electron chi connectivity index (χ1n) is 7.20. The highest BCUT2D eigenvalue weighted by Gasteiger charge is 2.19. The number of nitrogens with one attached hydrogen (secondary N) is 1. The molecule has 3 nitrogen and oxygen atoms in total. The zero-order chi connectivity index (χ0) is 15.7. The highest BCUT2D eigenvalue weighted by atomic mass is 32.1. The third kappa shape index (κ3) is 3.02. The highest BCUT2D eigenvalue weighted by Crippen LogP contribution is 2.28. The van der Waals surface area contributed by atoms with E-state index in [2.05, 4.69) is 10.3 Å². The molecule has 0 atom stereocenters. The van der Waals surface area contributed by atoms with Gasteiger partial charge in [-0.3, -0.25) is 4.79 Å². The summed E-state index contributed by atoms with van der Waals surface area (Å²) in [7, 11) is 0. The SMILES string of the molecule is CC(C)(C)NC(=O)c1cc(-c2cccs2)nc2ccccc12. The van der Waals surface area contributed by atoms with Crippen LogP contribution in [0.5, 0.6) is 0 Å². The standard InChI is InChI=1S/C18H18N2OS/c1-18(2,3)20-17(21)13-11-15(16-9-6-10-22-16)19-14-8-5-4-7-12(13)14/h4-11H,1-3H3,(H,20,21). The lowest BCUT2D eigenvalue weighted by atomic mass is 10.0. The Labute approximate surface area is 134 Å². The van der Waals surface area contributed by atoms with Gasteiger partial charge in [0.1, 0.15) is 0 Å². The summed E-state index contributed by atoms with van der Waals surface area (Å²) < 4.78 is 0. The Morgan fingerprint density at radius 3 is 2.59 bits per heavy atom. The predicted molar refractivity (Wildman–Crippen MR) is 92.3 cm³/mol. The molecular weight excluding hydrogens is 292 g/mol. The summed E-state index contributed by atoms with van der Waals surface area (Å²) in [6.45, 7) is 5.94. The smallest absolute Gasteiger partial charge is 0.252 e. The number of para-hydroxylation sites is 1. The van der Waals surface area contributed by atoms with Crippen LogP contribution in [0.1, 0.15) is 31.1 Å². The van der Waals surface area contributed by atoms with E-state index in [0.717, 1.165) is 21.5 Å². The second-order valence-electron chi connectivity index (χ2n) is 6.25. The molecule has 3 rings (SSSR count). The number of hydrogen-bond donors (Lipinski definition) is 1. The van der Waals surface area contributed by atoms with Crippen molar-refractivity contribution in [1.82, 2.24) is 10.3 Å². The minimum atomic E-state index is -0.273. The average molecular weight is 310 g/mol. The number of hydrogen-bond acceptors (Lipinski definition) is 3. The first-order valence-corrected chi connectivity index (χ1v) is 8.08. The fraction of sp³-hybridized carbons (Fsp3) is 0.222. The van der Waals surface area contributed by atoms with Crippen LogP contribution in [-0.4, -0.2) is 16.4 Å². The largest absolute Gasteiger partial charge is 0.347 e. The van der Waals surface area contributed by atoms with Crippen LogP contribution in [0.15, 0.2) is 47.8 Å². The minimum absolute atomic E-state index is 0.0658. The molecule has 3 aromatic rings. The molecule has 0 saturated carbocycles. The van der Waals surface area contributed by atoms with Crippen molar-refractivity contribution in [2.75, 3.05) is 0 Å². The van der Waals surface area contributed by atoms with Crippen molar-refractivity contribution in [1.29, 1.82) is 0 Å². The Hall–Kier alpha value is -2.20. The van der Waals surface area contributed by atoms with Gasteiger partial charge in [-0.25, -0.2) is 4.98 Å². The van der Waals surface area contributed by atoms with Crippen LogP contribution < -0.4 is 5.32 Å². The molecule has 112 valence electrons. The number of amides is 1. The van der Waals surface area contributed by atoms with Gasteiger partial charge < -0.3 is 5.32 Å². The molecule has 0 radical (unpaired) electrons. The molecule has 1 aromatic carbocycles. The molecule has 2 heterocycles. The Bertz CT molecular complexity index is 817. The van der Waals surface area contributed by atoms with E-state index in [-0.39, 0.29) is 11.4 Å². The third-order valence-electron chi connectivity index (χ3n) is 3.22. The summed E-state index contributed by atoms with van der Waals surface area (Å²) in [5.41, 5.74) is 2.08. The van der Waals surface area contributed by atoms with Crippen LogP contribution in [-0.2, 0) is 0 Å². The molecule has 2 aromatic heterocycles. The van der Waals surface area contributed by atoms with E-state index >= 15 is 0 Å². The Balaban J connectivity index is 2.17. The van der Waals surface area contributed by atoms with E-state index in [1.807, 2.05) is 68.6 Å². The van der Waals surface area contributed by atoms with Gasteiger partial charge in [0.05, 0.1) is 21.7 Å². The molecule has 4 heteroatoms. The van der Waals surface area contributed by atoms with Crippen LogP contribution in [0.3, 0.4) is 0 Å². The van der Waals surface area contributed by atoms with Gasteiger partial charge in [0.15, 0.2) is 0 Å². The molecule has 0 aliphatic rings. The van der Waals surface area contributed by atoms with E-state index in [0.29, 0.717) is 5.56 Å². The van der Waals surface area contributed by atoms with Crippen molar-refractivity contribution in [3.63, 3.8) is 0 Å². The Morgan fingerprint density at radius 2 is 1.91 bits per heavy atom. The number of thiophene rings is 1.